The lowest BCUT2D eigenvalue weighted by Crippen LogP contribution is -2.54. The molecule has 6 rings (SSSR count). The molecule has 2 saturated heterocycles. The molecule has 41 heavy (non-hydrogen) atoms. The summed E-state index contributed by atoms with van der Waals surface area (Å²) in [6.07, 6.45) is 8.12. The normalized spacial score (nSPS) is 20.9. The summed E-state index contributed by atoms with van der Waals surface area (Å²) in [6, 6.07) is 11.2. The third-order valence-corrected chi connectivity index (χ3v) is 9.42. The van der Waals surface area contributed by atoms with E-state index in [1.807, 2.05) is 12.1 Å². The van der Waals surface area contributed by atoms with Crippen molar-refractivity contribution in [3.63, 3.8) is 0 Å². The zero-order valence-corrected chi connectivity index (χ0v) is 24.1. The number of methoxy groups -OCH3 is 2. The number of benzene rings is 2. The van der Waals surface area contributed by atoms with E-state index in [0.717, 1.165) is 44.7 Å². The molecule has 0 radical (unpaired) electrons. The van der Waals surface area contributed by atoms with Crippen LogP contribution in [-0.2, 0) is 4.79 Å². The number of rotatable bonds is 6. The minimum Gasteiger partial charge on any atom is -0.493 e. The number of piperidine rings is 1. The molecule has 3 fully saturated rings. The van der Waals surface area contributed by atoms with Gasteiger partial charge in [0.2, 0.25) is 5.91 Å². The molecule has 0 aromatic heterocycles. The highest BCUT2D eigenvalue weighted by Crippen LogP contribution is 2.39. The van der Waals surface area contributed by atoms with Crippen LogP contribution in [0.1, 0.15) is 65.7 Å². The molecule has 9 nitrogen and oxygen atoms in total. The highest BCUT2D eigenvalue weighted by molar-refractivity contribution is 6.36. The predicted octanol–water partition coefficient (Wildman–Crippen LogP) is 4.20. The summed E-state index contributed by atoms with van der Waals surface area (Å²) in [7, 11) is 3.06. The van der Waals surface area contributed by atoms with Crippen LogP contribution in [0.5, 0.6) is 11.5 Å². The summed E-state index contributed by atoms with van der Waals surface area (Å²) in [4.78, 5) is 48.6. The van der Waals surface area contributed by atoms with E-state index in [9.17, 15) is 14.4 Å². The lowest BCUT2D eigenvalue weighted by Gasteiger charge is -2.42. The third kappa shape index (κ3) is 5.16. The second-order valence-electron chi connectivity index (χ2n) is 11.6. The van der Waals surface area contributed by atoms with Gasteiger partial charge in [0.05, 0.1) is 36.7 Å². The number of amides is 3. The van der Waals surface area contributed by atoms with Crippen LogP contribution in [0.2, 0.25) is 0 Å². The van der Waals surface area contributed by atoms with Gasteiger partial charge in [-0.05, 0) is 49.9 Å². The van der Waals surface area contributed by atoms with Crippen molar-refractivity contribution in [3.05, 3.63) is 47.5 Å². The van der Waals surface area contributed by atoms with Crippen molar-refractivity contribution in [3.8, 4) is 11.5 Å². The smallest absolute Gasteiger partial charge is 0.268 e. The molecule has 3 heterocycles. The lowest BCUT2D eigenvalue weighted by atomic mass is 9.92. The van der Waals surface area contributed by atoms with Crippen LogP contribution in [0.25, 0.3) is 0 Å². The number of hydrogen-bond acceptors (Lipinski definition) is 7. The van der Waals surface area contributed by atoms with E-state index in [1.165, 1.54) is 44.1 Å². The zero-order valence-electron chi connectivity index (χ0n) is 24.1. The number of anilines is 2. The fraction of sp³-hybridized carbons (Fsp3) is 0.531. The summed E-state index contributed by atoms with van der Waals surface area (Å²) in [6.45, 7) is 4.96. The maximum Gasteiger partial charge on any atom is 0.268 e. The SMILES string of the molecule is COc1ccc(N2C(=O)c3cccc(N4CCC(C(=O)N5CCN(C6CCCCC6)CC5)CC4)c3C2=O)cc1OC. The summed E-state index contributed by atoms with van der Waals surface area (Å²) >= 11 is 0. The Labute approximate surface area is 242 Å². The van der Waals surface area contributed by atoms with Gasteiger partial charge in [-0.3, -0.25) is 19.3 Å². The first kappa shape index (κ1) is 27.6. The standard InChI is InChI=1S/C32H40N4O5/c1-40-27-12-11-24(21-28(27)41-2)36-31(38)25-9-6-10-26(29(25)32(36)39)34-15-13-22(14-16-34)30(37)35-19-17-33(18-20-35)23-7-4-3-5-8-23/h6,9-12,21-23H,3-5,7-8,13-20H2,1-2H3. The van der Waals surface area contributed by atoms with E-state index in [-0.39, 0.29) is 23.6 Å². The van der Waals surface area contributed by atoms with Crippen LogP contribution in [0.4, 0.5) is 11.4 Å². The van der Waals surface area contributed by atoms with Crippen molar-refractivity contribution >= 4 is 29.1 Å². The zero-order chi connectivity index (χ0) is 28.5. The van der Waals surface area contributed by atoms with Crippen LogP contribution >= 0.6 is 0 Å². The van der Waals surface area contributed by atoms with Crippen molar-refractivity contribution in [2.45, 2.75) is 51.0 Å². The fourth-order valence-corrected chi connectivity index (χ4v) is 7.11. The summed E-state index contributed by atoms with van der Waals surface area (Å²) in [5.74, 6) is 0.557. The Morgan fingerprint density at radius 1 is 0.780 bits per heavy atom. The number of nitrogens with zero attached hydrogens (tertiary/aromatic N) is 4. The van der Waals surface area contributed by atoms with E-state index < -0.39 is 0 Å². The molecule has 0 spiro atoms. The van der Waals surface area contributed by atoms with Gasteiger partial charge in [-0.15, -0.1) is 0 Å². The Morgan fingerprint density at radius 2 is 1.49 bits per heavy atom. The van der Waals surface area contributed by atoms with Gasteiger partial charge in [0.25, 0.3) is 11.8 Å². The number of hydrogen-bond donors (Lipinski definition) is 0. The highest BCUT2D eigenvalue weighted by atomic mass is 16.5. The molecular formula is C32H40N4O5. The second kappa shape index (κ2) is 11.7. The Hall–Kier alpha value is -3.59. The highest BCUT2D eigenvalue weighted by Gasteiger charge is 2.41. The summed E-state index contributed by atoms with van der Waals surface area (Å²) in [5.41, 5.74) is 2.02. The number of carbonyl (C=O) groups is 3. The van der Waals surface area contributed by atoms with E-state index in [4.69, 9.17) is 9.47 Å². The van der Waals surface area contributed by atoms with Gasteiger partial charge < -0.3 is 19.3 Å². The lowest BCUT2D eigenvalue weighted by molar-refractivity contribution is -0.138. The average molecular weight is 561 g/mol. The van der Waals surface area contributed by atoms with E-state index >= 15 is 0 Å². The molecule has 0 atom stereocenters. The third-order valence-electron chi connectivity index (χ3n) is 9.42. The molecule has 3 amide bonds. The molecule has 2 aromatic carbocycles. The van der Waals surface area contributed by atoms with Crippen LogP contribution in [0.15, 0.2) is 36.4 Å². The average Bonchev–Trinajstić information content (AvgIpc) is 3.30. The number of piperazine rings is 1. The van der Waals surface area contributed by atoms with Gasteiger partial charge in [0.1, 0.15) is 0 Å². The van der Waals surface area contributed by atoms with Gasteiger partial charge in [-0.2, -0.15) is 0 Å². The number of carbonyl (C=O) groups excluding carboxylic acids is 3. The quantitative estimate of drug-likeness (QED) is 0.490. The molecule has 1 saturated carbocycles. The van der Waals surface area contributed by atoms with Crippen LogP contribution < -0.4 is 19.3 Å². The Morgan fingerprint density at radius 3 is 2.17 bits per heavy atom. The van der Waals surface area contributed by atoms with Gasteiger partial charge in [0.15, 0.2) is 11.5 Å². The first-order chi connectivity index (χ1) is 20.0. The minimum atomic E-state index is -0.350. The predicted molar refractivity (Wildman–Crippen MR) is 157 cm³/mol. The Kier molecular flexibility index (Phi) is 7.88. The van der Waals surface area contributed by atoms with Crippen molar-refractivity contribution in [2.75, 3.05) is 63.3 Å². The molecule has 0 N–H and O–H groups in total. The molecule has 9 heteroatoms. The van der Waals surface area contributed by atoms with Crippen molar-refractivity contribution in [2.24, 2.45) is 5.92 Å². The molecule has 218 valence electrons. The van der Waals surface area contributed by atoms with E-state index in [1.54, 1.807) is 31.4 Å². The van der Waals surface area contributed by atoms with Gasteiger partial charge in [-0.1, -0.05) is 25.3 Å². The van der Waals surface area contributed by atoms with Crippen molar-refractivity contribution in [1.29, 1.82) is 0 Å². The molecule has 4 aliphatic rings. The van der Waals surface area contributed by atoms with Gasteiger partial charge >= 0.3 is 0 Å². The summed E-state index contributed by atoms with van der Waals surface area (Å²) in [5, 5.41) is 0. The summed E-state index contributed by atoms with van der Waals surface area (Å²) < 4.78 is 10.7. The van der Waals surface area contributed by atoms with Crippen LogP contribution in [0, 0.1) is 5.92 Å². The van der Waals surface area contributed by atoms with Crippen LogP contribution in [0.3, 0.4) is 0 Å². The van der Waals surface area contributed by atoms with E-state index in [0.29, 0.717) is 47.4 Å². The largest absolute Gasteiger partial charge is 0.493 e. The minimum absolute atomic E-state index is 0.00448. The molecule has 3 aliphatic heterocycles. The molecule has 2 aromatic rings. The number of ether oxygens (including phenoxy) is 2. The Bertz CT molecular complexity index is 1310. The maximum absolute atomic E-state index is 13.7. The fourth-order valence-electron chi connectivity index (χ4n) is 7.11. The molecule has 0 unspecified atom stereocenters. The Balaban J connectivity index is 1.11. The molecule has 0 bridgehead atoms. The van der Waals surface area contributed by atoms with E-state index in [2.05, 4.69) is 14.7 Å². The van der Waals surface area contributed by atoms with Crippen molar-refractivity contribution < 1.29 is 23.9 Å². The first-order valence-corrected chi connectivity index (χ1v) is 15.0. The number of fused-ring (bicyclic) bond motifs is 1. The monoisotopic (exact) mass is 560 g/mol. The number of imide groups is 1. The maximum atomic E-state index is 13.7. The first-order valence-electron chi connectivity index (χ1n) is 15.0. The topological polar surface area (TPSA) is 82.6 Å². The van der Waals surface area contributed by atoms with Crippen molar-refractivity contribution in [1.82, 2.24) is 9.80 Å². The van der Waals surface area contributed by atoms with Gasteiger partial charge in [0, 0.05) is 57.3 Å². The molecular weight excluding hydrogens is 520 g/mol. The van der Waals surface area contributed by atoms with Gasteiger partial charge in [-0.25, -0.2) is 4.90 Å². The second-order valence-corrected chi connectivity index (χ2v) is 11.6. The molecule has 1 aliphatic carbocycles. The van der Waals surface area contributed by atoms with Crippen LogP contribution in [-0.4, -0.2) is 87.1 Å².